The molecule has 1 N–H and O–H groups in total. The average Bonchev–Trinajstić information content (AvgIpc) is 2.96. The van der Waals surface area contributed by atoms with Crippen molar-refractivity contribution in [1.29, 1.82) is 0 Å². The number of nitrogens with zero attached hydrogens (tertiary/aromatic N) is 2. The minimum absolute atomic E-state index is 0.0501. The number of alkyl halides is 3. The van der Waals surface area contributed by atoms with Crippen LogP contribution in [-0.2, 0) is 6.18 Å². The highest BCUT2D eigenvalue weighted by Crippen LogP contribution is 2.40. The Morgan fingerprint density at radius 3 is 2.64 bits per heavy atom. The molecule has 0 unspecified atom stereocenters. The first-order valence-corrected chi connectivity index (χ1v) is 7.53. The summed E-state index contributed by atoms with van der Waals surface area (Å²) in [6.07, 6.45) is -3.55. The van der Waals surface area contributed by atoms with Crippen LogP contribution < -0.4 is 0 Å². The van der Waals surface area contributed by atoms with E-state index in [4.69, 9.17) is 0 Å². The summed E-state index contributed by atoms with van der Waals surface area (Å²) in [5.41, 5.74) is -1.28. The summed E-state index contributed by atoms with van der Waals surface area (Å²) in [6, 6.07) is 5.06. The van der Waals surface area contributed by atoms with Crippen molar-refractivity contribution in [2.75, 3.05) is 6.54 Å². The predicted octanol–water partition coefficient (Wildman–Crippen LogP) is 3.19. The molecule has 0 spiro atoms. The van der Waals surface area contributed by atoms with E-state index in [9.17, 15) is 27.5 Å². The SMILES string of the molecule is O=C(c1ccncc1F)N1C[C@H](O)C[C@H]1c1ccccc1C(F)(F)F. The van der Waals surface area contributed by atoms with Gasteiger partial charge in [0, 0.05) is 12.7 Å². The van der Waals surface area contributed by atoms with Crippen molar-refractivity contribution in [1.82, 2.24) is 9.88 Å². The van der Waals surface area contributed by atoms with Gasteiger partial charge in [-0.2, -0.15) is 13.2 Å². The van der Waals surface area contributed by atoms with Crippen molar-refractivity contribution < 1.29 is 27.5 Å². The maximum absolute atomic E-state index is 13.8. The molecule has 25 heavy (non-hydrogen) atoms. The van der Waals surface area contributed by atoms with Crippen molar-refractivity contribution in [3.63, 3.8) is 0 Å². The number of halogens is 4. The smallest absolute Gasteiger partial charge is 0.391 e. The van der Waals surface area contributed by atoms with Gasteiger partial charge >= 0.3 is 6.18 Å². The molecule has 1 aliphatic rings. The Morgan fingerprint density at radius 2 is 1.96 bits per heavy atom. The van der Waals surface area contributed by atoms with E-state index in [0.717, 1.165) is 23.2 Å². The number of aromatic nitrogens is 1. The minimum atomic E-state index is -4.60. The van der Waals surface area contributed by atoms with Gasteiger partial charge in [-0.15, -0.1) is 0 Å². The molecule has 1 aromatic carbocycles. The molecule has 0 bridgehead atoms. The van der Waals surface area contributed by atoms with Gasteiger partial charge in [-0.05, 0) is 24.1 Å². The second-order valence-electron chi connectivity index (χ2n) is 5.80. The number of β-amino-alcohol motifs (C(OH)–C–C–N with tert-alkyl or cyclic N) is 1. The van der Waals surface area contributed by atoms with E-state index in [1.807, 2.05) is 0 Å². The number of carbonyl (C=O) groups is 1. The summed E-state index contributed by atoms with van der Waals surface area (Å²) in [4.78, 5) is 17.2. The van der Waals surface area contributed by atoms with Gasteiger partial charge in [0.15, 0.2) is 5.82 Å². The standard InChI is InChI=1S/C17H14F4N2O2/c18-14-8-22-6-5-12(14)16(25)23-9-10(24)7-15(23)11-3-1-2-4-13(11)17(19,20)21/h1-6,8,10,15,24H,7,9H2/t10-,15+/m1/s1. The lowest BCUT2D eigenvalue weighted by atomic mass is 9.97. The van der Waals surface area contributed by atoms with Crippen LogP contribution in [0.2, 0.25) is 0 Å². The quantitative estimate of drug-likeness (QED) is 0.843. The zero-order valence-corrected chi connectivity index (χ0v) is 12.9. The van der Waals surface area contributed by atoms with Crippen LogP contribution in [0, 0.1) is 5.82 Å². The van der Waals surface area contributed by atoms with Gasteiger partial charge in [0.05, 0.1) is 29.5 Å². The summed E-state index contributed by atoms with van der Waals surface area (Å²) in [5.74, 6) is -1.64. The number of pyridine rings is 1. The molecule has 1 aromatic heterocycles. The molecule has 4 nitrogen and oxygen atoms in total. The van der Waals surface area contributed by atoms with Crippen LogP contribution in [0.25, 0.3) is 0 Å². The fraction of sp³-hybridized carbons (Fsp3) is 0.294. The molecule has 2 heterocycles. The van der Waals surface area contributed by atoms with Crippen molar-refractivity contribution >= 4 is 5.91 Å². The van der Waals surface area contributed by atoms with Crippen LogP contribution in [0.1, 0.15) is 33.9 Å². The lowest BCUT2D eigenvalue weighted by Gasteiger charge is -2.27. The Kier molecular flexibility index (Phi) is 4.47. The Morgan fingerprint density at radius 1 is 1.24 bits per heavy atom. The third-order valence-corrected chi connectivity index (χ3v) is 4.17. The molecule has 2 atom stereocenters. The maximum atomic E-state index is 13.8. The molecule has 1 saturated heterocycles. The number of aliphatic hydroxyl groups excluding tert-OH is 1. The van der Waals surface area contributed by atoms with E-state index >= 15 is 0 Å². The lowest BCUT2D eigenvalue weighted by Crippen LogP contribution is -2.33. The van der Waals surface area contributed by atoms with Gasteiger partial charge in [-0.3, -0.25) is 9.78 Å². The van der Waals surface area contributed by atoms with Gasteiger partial charge in [0.1, 0.15) is 0 Å². The Bertz CT molecular complexity index is 794. The topological polar surface area (TPSA) is 53.4 Å². The van der Waals surface area contributed by atoms with Crippen LogP contribution in [0.15, 0.2) is 42.7 Å². The largest absolute Gasteiger partial charge is 0.416 e. The van der Waals surface area contributed by atoms with Gasteiger partial charge in [-0.1, -0.05) is 18.2 Å². The molecule has 3 rings (SSSR count). The van der Waals surface area contributed by atoms with E-state index in [1.165, 1.54) is 24.4 Å². The normalized spacial score (nSPS) is 20.8. The van der Waals surface area contributed by atoms with Crippen LogP contribution in [0.3, 0.4) is 0 Å². The first-order chi connectivity index (χ1) is 11.8. The van der Waals surface area contributed by atoms with Crippen LogP contribution >= 0.6 is 0 Å². The highest BCUT2D eigenvalue weighted by molar-refractivity contribution is 5.94. The first kappa shape index (κ1) is 17.3. The van der Waals surface area contributed by atoms with E-state index in [-0.39, 0.29) is 24.1 Å². The molecule has 0 radical (unpaired) electrons. The molecular formula is C17H14F4N2O2. The Hall–Kier alpha value is -2.48. The van der Waals surface area contributed by atoms with Gasteiger partial charge in [-0.25, -0.2) is 4.39 Å². The number of aliphatic hydroxyl groups is 1. The molecule has 0 aliphatic carbocycles. The number of hydrogen-bond acceptors (Lipinski definition) is 3. The summed E-state index contributed by atoms with van der Waals surface area (Å²) in [7, 11) is 0. The zero-order chi connectivity index (χ0) is 18.2. The molecule has 0 saturated carbocycles. The Labute approximate surface area is 140 Å². The molecule has 132 valence electrons. The first-order valence-electron chi connectivity index (χ1n) is 7.53. The van der Waals surface area contributed by atoms with Crippen molar-refractivity contribution in [2.24, 2.45) is 0 Å². The second kappa shape index (κ2) is 6.44. The monoisotopic (exact) mass is 354 g/mol. The van der Waals surface area contributed by atoms with Gasteiger partial charge < -0.3 is 10.0 Å². The molecule has 2 aromatic rings. The third-order valence-electron chi connectivity index (χ3n) is 4.17. The minimum Gasteiger partial charge on any atom is -0.391 e. The molecule has 1 amide bonds. The van der Waals surface area contributed by atoms with E-state index < -0.39 is 35.6 Å². The summed E-state index contributed by atoms with van der Waals surface area (Å²) in [6.45, 7) is -0.169. The van der Waals surface area contributed by atoms with Gasteiger partial charge in [0.2, 0.25) is 0 Å². The average molecular weight is 354 g/mol. The zero-order valence-electron chi connectivity index (χ0n) is 12.9. The second-order valence-corrected chi connectivity index (χ2v) is 5.80. The van der Waals surface area contributed by atoms with Crippen molar-refractivity contribution in [3.05, 3.63) is 65.2 Å². The third kappa shape index (κ3) is 3.34. The summed E-state index contributed by atoms with van der Waals surface area (Å²) < 4.78 is 53.7. The number of amides is 1. The number of carbonyl (C=O) groups excluding carboxylic acids is 1. The molecular weight excluding hydrogens is 340 g/mol. The molecule has 1 fully saturated rings. The highest BCUT2D eigenvalue weighted by atomic mass is 19.4. The van der Waals surface area contributed by atoms with E-state index in [1.54, 1.807) is 0 Å². The van der Waals surface area contributed by atoms with E-state index in [2.05, 4.69) is 4.98 Å². The fourth-order valence-electron chi connectivity index (χ4n) is 3.08. The van der Waals surface area contributed by atoms with E-state index in [0.29, 0.717) is 0 Å². The number of hydrogen-bond donors (Lipinski definition) is 1. The highest BCUT2D eigenvalue weighted by Gasteiger charge is 2.41. The Balaban J connectivity index is 2.02. The van der Waals surface area contributed by atoms with Crippen LogP contribution in [0.4, 0.5) is 17.6 Å². The fourth-order valence-corrected chi connectivity index (χ4v) is 3.08. The summed E-state index contributed by atoms with van der Waals surface area (Å²) >= 11 is 0. The number of likely N-dealkylation sites (tertiary alicyclic amines) is 1. The lowest BCUT2D eigenvalue weighted by molar-refractivity contribution is -0.138. The van der Waals surface area contributed by atoms with Crippen molar-refractivity contribution in [3.8, 4) is 0 Å². The van der Waals surface area contributed by atoms with Gasteiger partial charge in [0.25, 0.3) is 5.91 Å². The van der Waals surface area contributed by atoms with Crippen LogP contribution in [-0.4, -0.2) is 33.5 Å². The van der Waals surface area contributed by atoms with Crippen molar-refractivity contribution in [2.45, 2.75) is 24.7 Å². The predicted molar refractivity (Wildman–Crippen MR) is 80.0 cm³/mol. The van der Waals surface area contributed by atoms with Crippen LogP contribution in [0.5, 0.6) is 0 Å². The number of benzene rings is 1. The molecule has 1 aliphatic heterocycles. The molecule has 8 heteroatoms. The maximum Gasteiger partial charge on any atom is 0.416 e. The summed E-state index contributed by atoms with van der Waals surface area (Å²) in [5, 5.41) is 9.91. The number of rotatable bonds is 2.